The van der Waals surface area contributed by atoms with Crippen LogP contribution in [0, 0.1) is 12.8 Å². The van der Waals surface area contributed by atoms with Crippen LogP contribution in [0.15, 0.2) is 24.3 Å². The van der Waals surface area contributed by atoms with Gasteiger partial charge in [-0.25, -0.2) is 0 Å². The minimum atomic E-state index is -0.529. The van der Waals surface area contributed by atoms with Crippen LogP contribution in [0.3, 0.4) is 0 Å². The molecule has 4 rings (SSSR count). The van der Waals surface area contributed by atoms with E-state index < -0.39 is 5.92 Å². The van der Waals surface area contributed by atoms with Crippen LogP contribution in [0.25, 0.3) is 0 Å². The van der Waals surface area contributed by atoms with Gasteiger partial charge in [-0.2, -0.15) is 0 Å². The first-order chi connectivity index (χ1) is 12.1. The standard InChI is InChI=1S/C20H27N3O2/c1-14-5-7-15(8-6-14)23-13-9-16(20(23)25)19(24)21-17-10-12-22-11-3-2-4-18(17)22/h5-8,16-18H,2-4,9-13H2,1H3,(H,21,24)/t16-,17+,18-/m1/s1. The first kappa shape index (κ1) is 16.6. The summed E-state index contributed by atoms with van der Waals surface area (Å²) in [7, 11) is 0. The highest BCUT2D eigenvalue weighted by atomic mass is 16.2. The summed E-state index contributed by atoms with van der Waals surface area (Å²) < 4.78 is 0. The number of carbonyl (C=O) groups is 2. The molecule has 3 saturated heterocycles. The van der Waals surface area contributed by atoms with E-state index in [1.807, 2.05) is 31.2 Å². The normalized spacial score (nSPS) is 29.7. The van der Waals surface area contributed by atoms with Crippen LogP contribution in [-0.4, -0.2) is 48.4 Å². The molecule has 1 aromatic rings. The molecule has 3 heterocycles. The van der Waals surface area contributed by atoms with E-state index in [0.717, 1.165) is 25.2 Å². The predicted molar refractivity (Wildman–Crippen MR) is 97.4 cm³/mol. The van der Waals surface area contributed by atoms with Gasteiger partial charge in [0.2, 0.25) is 11.8 Å². The summed E-state index contributed by atoms with van der Waals surface area (Å²) >= 11 is 0. The quantitative estimate of drug-likeness (QED) is 0.857. The summed E-state index contributed by atoms with van der Waals surface area (Å²) in [5.41, 5.74) is 2.06. The van der Waals surface area contributed by atoms with Crippen molar-refractivity contribution in [2.45, 2.75) is 51.1 Å². The lowest BCUT2D eigenvalue weighted by atomic mass is 9.98. The summed E-state index contributed by atoms with van der Waals surface area (Å²) in [5, 5.41) is 3.20. The maximum atomic E-state index is 12.7. The number of anilines is 1. The molecular weight excluding hydrogens is 314 g/mol. The van der Waals surface area contributed by atoms with Crippen molar-refractivity contribution in [2.24, 2.45) is 5.92 Å². The van der Waals surface area contributed by atoms with E-state index in [0.29, 0.717) is 19.0 Å². The average molecular weight is 341 g/mol. The van der Waals surface area contributed by atoms with E-state index in [4.69, 9.17) is 0 Å². The van der Waals surface area contributed by atoms with Crippen molar-refractivity contribution in [3.05, 3.63) is 29.8 Å². The second kappa shape index (κ2) is 6.79. The molecule has 25 heavy (non-hydrogen) atoms. The summed E-state index contributed by atoms with van der Waals surface area (Å²) in [5.74, 6) is -0.657. The SMILES string of the molecule is Cc1ccc(N2CC[C@H](C(=O)N[C@H]3CCN4CCCC[C@H]34)C2=O)cc1. The molecule has 134 valence electrons. The Bertz CT molecular complexity index is 657. The topological polar surface area (TPSA) is 52.7 Å². The van der Waals surface area contributed by atoms with Gasteiger partial charge in [-0.1, -0.05) is 24.1 Å². The van der Waals surface area contributed by atoms with Crippen molar-refractivity contribution >= 4 is 17.5 Å². The number of nitrogens with one attached hydrogen (secondary N) is 1. The molecule has 0 bridgehead atoms. The zero-order valence-corrected chi connectivity index (χ0v) is 14.9. The summed E-state index contributed by atoms with van der Waals surface area (Å²) in [4.78, 5) is 29.7. The van der Waals surface area contributed by atoms with Gasteiger partial charge in [0.25, 0.3) is 0 Å². The molecule has 0 spiro atoms. The van der Waals surface area contributed by atoms with Crippen molar-refractivity contribution in [2.75, 3.05) is 24.5 Å². The van der Waals surface area contributed by atoms with Crippen molar-refractivity contribution in [3.63, 3.8) is 0 Å². The Hall–Kier alpha value is -1.88. The van der Waals surface area contributed by atoms with Gasteiger partial charge in [-0.3, -0.25) is 14.5 Å². The summed E-state index contributed by atoms with van der Waals surface area (Å²) in [6, 6.07) is 8.63. The van der Waals surface area contributed by atoms with E-state index >= 15 is 0 Å². The Morgan fingerprint density at radius 2 is 1.84 bits per heavy atom. The summed E-state index contributed by atoms with van der Waals surface area (Å²) in [6.07, 6.45) is 5.30. The maximum absolute atomic E-state index is 12.7. The van der Waals surface area contributed by atoms with Crippen LogP contribution in [0.4, 0.5) is 5.69 Å². The third-order valence-corrected chi connectivity index (χ3v) is 6.05. The number of nitrogens with zero attached hydrogens (tertiary/aromatic N) is 2. The van der Waals surface area contributed by atoms with Gasteiger partial charge in [-0.05, 0) is 51.3 Å². The highest BCUT2D eigenvalue weighted by Gasteiger charge is 2.41. The molecule has 0 aromatic heterocycles. The molecule has 1 N–H and O–H groups in total. The highest BCUT2D eigenvalue weighted by molar-refractivity contribution is 6.09. The Kier molecular flexibility index (Phi) is 4.50. The van der Waals surface area contributed by atoms with E-state index in [9.17, 15) is 9.59 Å². The molecular formula is C20H27N3O2. The van der Waals surface area contributed by atoms with Gasteiger partial charge < -0.3 is 10.2 Å². The molecule has 3 fully saturated rings. The third-order valence-electron chi connectivity index (χ3n) is 6.05. The number of rotatable bonds is 3. The largest absolute Gasteiger partial charge is 0.351 e. The Labute approximate surface area is 149 Å². The minimum Gasteiger partial charge on any atom is -0.351 e. The van der Waals surface area contributed by atoms with Crippen LogP contribution in [-0.2, 0) is 9.59 Å². The molecule has 3 aliphatic rings. The third kappa shape index (κ3) is 3.17. The fourth-order valence-corrected chi connectivity index (χ4v) is 4.60. The zero-order valence-electron chi connectivity index (χ0n) is 14.9. The lowest BCUT2D eigenvalue weighted by Gasteiger charge is -2.32. The van der Waals surface area contributed by atoms with Gasteiger partial charge in [-0.15, -0.1) is 0 Å². The average Bonchev–Trinajstić information content (AvgIpc) is 3.20. The second-order valence-electron chi connectivity index (χ2n) is 7.67. The van der Waals surface area contributed by atoms with Crippen LogP contribution in [0.2, 0.25) is 0 Å². The van der Waals surface area contributed by atoms with Gasteiger partial charge in [0.15, 0.2) is 0 Å². The zero-order chi connectivity index (χ0) is 17.4. The minimum absolute atomic E-state index is 0.0557. The molecule has 5 nitrogen and oxygen atoms in total. The molecule has 3 atom stereocenters. The molecule has 0 radical (unpaired) electrons. The maximum Gasteiger partial charge on any atom is 0.239 e. The van der Waals surface area contributed by atoms with Crippen LogP contribution in [0.1, 0.15) is 37.7 Å². The van der Waals surface area contributed by atoms with E-state index in [2.05, 4.69) is 10.2 Å². The van der Waals surface area contributed by atoms with Crippen LogP contribution in [0.5, 0.6) is 0 Å². The fraction of sp³-hybridized carbons (Fsp3) is 0.600. The van der Waals surface area contributed by atoms with Gasteiger partial charge in [0.05, 0.1) is 0 Å². The first-order valence-electron chi connectivity index (χ1n) is 9.56. The molecule has 1 aromatic carbocycles. The van der Waals surface area contributed by atoms with Crippen molar-refractivity contribution in [1.82, 2.24) is 10.2 Å². The Morgan fingerprint density at radius 3 is 2.64 bits per heavy atom. The van der Waals surface area contributed by atoms with Crippen LogP contribution < -0.4 is 10.2 Å². The number of hydrogen-bond acceptors (Lipinski definition) is 3. The van der Waals surface area contributed by atoms with Gasteiger partial charge >= 0.3 is 0 Å². The lowest BCUT2D eigenvalue weighted by Crippen LogP contribution is -2.49. The van der Waals surface area contributed by atoms with Gasteiger partial charge in [0.1, 0.15) is 5.92 Å². The summed E-state index contributed by atoms with van der Waals surface area (Å²) in [6.45, 7) is 4.88. The number of hydrogen-bond donors (Lipinski definition) is 1. The Balaban J connectivity index is 1.39. The smallest absolute Gasteiger partial charge is 0.239 e. The van der Waals surface area contributed by atoms with Crippen molar-refractivity contribution in [1.29, 1.82) is 0 Å². The lowest BCUT2D eigenvalue weighted by molar-refractivity contribution is -0.132. The monoisotopic (exact) mass is 341 g/mol. The van der Waals surface area contributed by atoms with Crippen molar-refractivity contribution in [3.8, 4) is 0 Å². The first-order valence-corrected chi connectivity index (χ1v) is 9.56. The van der Waals surface area contributed by atoms with Crippen molar-refractivity contribution < 1.29 is 9.59 Å². The molecule has 3 aliphatic heterocycles. The number of benzene rings is 1. The molecule has 0 saturated carbocycles. The fourth-order valence-electron chi connectivity index (χ4n) is 4.60. The molecule has 5 heteroatoms. The van der Waals surface area contributed by atoms with E-state index in [-0.39, 0.29) is 17.9 Å². The second-order valence-corrected chi connectivity index (χ2v) is 7.67. The predicted octanol–water partition coefficient (Wildman–Crippen LogP) is 2.09. The van der Waals surface area contributed by atoms with Crippen LogP contribution >= 0.6 is 0 Å². The number of amides is 2. The molecule has 2 amide bonds. The van der Waals surface area contributed by atoms with E-state index in [1.54, 1.807) is 4.90 Å². The molecule has 0 unspecified atom stereocenters. The number of carbonyl (C=O) groups excluding carboxylic acids is 2. The Morgan fingerprint density at radius 1 is 1.04 bits per heavy atom. The number of piperidine rings is 1. The highest BCUT2D eigenvalue weighted by Crippen LogP contribution is 2.29. The number of fused-ring (bicyclic) bond motifs is 1. The number of aryl methyl sites for hydroxylation is 1. The molecule has 0 aliphatic carbocycles. The van der Waals surface area contributed by atoms with Gasteiger partial charge in [0, 0.05) is 30.9 Å². The van der Waals surface area contributed by atoms with E-state index in [1.165, 1.54) is 24.8 Å².